The smallest absolute Gasteiger partial charge is 0.0241 e. The van der Waals surface area contributed by atoms with Gasteiger partial charge in [-0.3, -0.25) is 0 Å². The zero-order valence-electron chi connectivity index (χ0n) is 8.57. The Kier molecular flexibility index (Phi) is 5.47. The number of hydrogen-bond donors (Lipinski definition) is 0. The first-order valence-electron chi connectivity index (χ1n) is 5.77. The van der Waals surface area contributed by atoms with Crippen LogP contribution in [0.25, 0.3) is 0 Å². The summed E-state index contributed by atoms with van der Waals surface area (Å²) in [5.74, 6) is 1.87. The van der Waals surface area contributed by atoms with Gasteiger partial charge >= 0.3 is 0 Å². The standard InChI is InChI=1S/C12H23/c1-2-3-4-5-6-9-12-10-7-8-11-12/h2-11H2,1H3. The maximum absolute atomic E-state index is 2.28. The minimum Gasteiger partial charge on any atom is -0.0654 e. The van der Waals surface area contributed by atoms with Crippen molar-refractivity contribution < 1.29 is 0 Å². The van der Waals surface area contributed by atoms with Gasteiger partial charge < -0.3 is 0 Å². The lowest BCUT2D eigenvalue weighted by atomic mass is 9.99. The highest BCUT2D eigenvalue weighted by Crippen LogP contribution is 2.31. The average Bonchev–Trinajstić information content (AvgIpc) is 2.57. The highest BCUT2D eigenvalue weighted by molar-refractivity contribution is 4.93. The van der Waals surface area contributed by atoms with E-state index in [9.17, 15) is 0 Å². The first-order chi connectivity index (χ1) is 5.93. The van der Waals surface area contributed by atoms with Crippen molar-refractivity contribution in [2.24, 2.45) is 0 Å². The molecule has 1 rings (SSSR count). The van der Waals surface area contributed by atoms with Gasteiger partial charge in [-0.1, -0.05) is 51.9 Å². The van der Waals surface area contributed by atoms with E-state index in [-0.39, 0.29) is 0 Å². The van der Waals surface area contributed by atoms with Crippen molar-refractivity contribution in [3.63, 3.8) is 0 Å². The third-order valence-electron chi connectivity index (χ3n) is 2.94. The van der Waals surface area contributed by atoms with Crippen molar-refractivity contribution >= 4 is 0 Å². The van der Waals surface area contributed by atoms with Crippen LogP contribution in [0.1, 0.15) is 71.1 Å². The molecule has 0 bridgehead atoms. The fraction of sp³-hybridized carbons (Fsp3) is 0.917. The Bertz CT molecular complexity index is 90.2. The number of unbranched alkanes of at least 4 members (excludes halogenated alkanes) is 4. The fourth-order valence-electron chi connectivity index (χ4n) is 2.10. The van der Waals surface area contributed by atoms with Gasteiger partial charge in [0, 0.05) is 0 Å². The van der Waals surface area contributed by atoms with Crippen LogP contribution in [0.5, 0.6) is 0 Å². The summed E-state index contributed by atoms with van der Waals surface area (Å²) in [6.07, 6.45) is 14.5. The second-order valence-corrected chi connectivity index (χ2v) is 4.12. The van der Waals surface area contributed by atoms with Crippen LogP contribution in [0.2, 0.25) is 0 Å². The van der Waals surface area contributed by atoms with E-state index in [2.05, 4.69) is 6.92 Å². The van der Waals surface area contributed by atoms with E-state index in [0.717, 1.165) is 0 Å². The predicted molar refractivity (Wildman–Crippen MR) is 55.1 cm³/mol. The van der Waals surface area contributed by atoms with E-state index in [1.165, 1.54) is 64.2 Å². The van der Waals surface area contributed by atoms with Crippen LogP contribution in [0.4, 0.5) is 0 Å². The Hall–Kier alpha value is 0. The first-order valence-corrected chi connectivity index (χ1v) is 5.77. The monoisotopic (exact) mass is 167 g/mol. The minimum atomic E-state index is 1.37. The molecule has 0 aromatic heterocycles. The Morgan fingerprint density at radius 2 is 1.58 bits per heavy atom. The summed E-state index contributed by atoms with van der Waals surface area (Å²) in [4.78, 5) is 0. The summed E-state index contributed by atoms with van der Waals surface area (Å²) < 4.78 is 0. The molecule has 0 heterocycles. The Morgan fingerprint density at radius 3 is 2.25 bits per heavy atom. The van der Waals surface area contributed by atoms with Crippen LogP contribution >= 0.6 is 0 Å². The lowest BCUT2D eigenvalue weighted by molar-refractivity contribution is 0.601. The second kappa shape index (κ2) is 6.51. The van der Waals surface area contributed by atoms with Crippen molar-refractivity contribution in [2.45, 2.75) is 71.1 Å². The summed E-state index contributed by atoms with van der Waals surface area (Å²) >= 11 is 0. The summed E-state index contributed by atoms with van der Waals surface area (Å²) in [6, 6.07) is 0. The predicted octanol–water partition coefficient (Wildman–Crippen LogP) is 4.50. The van der Waals surface area contributed by atoms with Gasteiger partial charge in [0.05, 0.1) is 0 Å². The SMILES string of the molecule is CCCCCCC[C]1CCCC1. The summed E-state index contributed by atoms with van der Waals surface area (Å²) in [5.41, 5.74) is 0. The van der Waals surface area contributed by atoms with Crippen LogP contribution in [0, 0.1) is 5.92 Å². The molecule has 12 heavy (non-hydrogen) atoms. The fourth-order valence-corrected chi connectivity index (χ4v) is 2.10. The van der Waals surface area contributed by atoms with Gasteiger partial charge in [-0.25, -0.2) is 0 Å². The number of hydrogen-bond acceptors (Lipinski definition) is 0. The second-order valence-electron chi connectivity index (χ2n) is 4.12. The van der Waals surface area contributed by atoms with Crippen LogP contribution < -0.4 is 0 Å². The average molecular weight is 167 g/mol. The molecule has 1 aliphatic carbocycles. The quantitative estimate of drug-likeness (QED) is 0.511. The normalized spacial score (nSPS) is 18.8. The van der Waals surface area contributed by atoms with Gasteiger partial charge in [0.2, 0.25) is 0 Å². The summed E-state index contributed by atoms with van der Waals surface area (Å²) in [7, 11) is 0. The van der Waals surface area contributed by atoms with Crippen molar-refractivity contribution in [2.75, 3.05) is 0 Å². The van der Waals surface area contributed by atoms with Gasteiger partial charge in [-0.15, -0.1) is 0 Å². The maximum atomic E-state index is 2.28. The van der Waals surface area contributed by atoms with Crippen molar-refractivity contribution in [1.29, 1.82) is 0 Å². The third kappa shape index (κ3) is 4.13. The van der Waals surface area contributed by atoms with Crippen LogP contribution in [-0.2, 0) is 0 Å². The van der Waals surface area contributed by atoms with E-state index in [4.69, 9.17) is 0 Å². The molecule has 0 aliphatic heterocycles. The molecular formula is C12H23. The molecule has 0 spiro atoms. The molecule has 71 valence electrons. The van der Waals surface area contributed by atoms with Gasteiger partial charge in [0.15, 0.2) is 0 Å². The summed E-state index contributed by atoms with van der Waals surface area (Å²) in [6.45, 7) is 2.28. The molecule has 1 saturated carbocycles. The molecule has 1 fully saturated rings. The lowest BCUT2D eigenvalue weighted by Gasteiger charge is -2.06. The summed E-state index contributed by atoms with van der Waals surface area (Å²) in [5, 5.41) is 0. The van der Waals surface area contributed by atoms with Crippen LogP contribution in [0.3, 0.4) is 0 Å². The zero-order valence-corrected chi connectivity index (χ0v) is 8.57. The first kappa shape index (κ1) is 10.1. The Labute approximate surface area is 77.7 Å². The lowest BCUT2D eigenvalue weighted by Crippen LogP contribution is -1.89. The van der Waals surface area contributed by atoms with E-state index in [1.54, 1.807) is 0 Å². The van der Waals surface area contributed by atoms with Crippen molar-refractivity contribution in [1.82, 2.24) is 0 Å². The molecule has 0 heteroatoms. The molecule has 0 unspecified atom stereocenters. The van der Waals surface area contributed by atoms with Gasteiger partial charge in [0.25, 0.3) is 0 Å². The van der Waals surface area contributed by atoms with E-state index in [0.29, 0.717) is 0 Å². The van der Waals surface area contributed by atoms with Gasteiger partial charge in [0.1, 0.15) is 0 Å². The molecule has 0 atom stereocenters. The highest BCUT2D eigenvalue weighted by atomic mass is 14.2. The largest absolute Gasteiger partial charge is 0.0654 e. The minimum absolute atomic E-state index is 1.37. The topological polar surface area (TPSA) is 0 Å². The van der Waals surface area contributed by atoms with Crippen molar-refractivity contribution in [3.8, 4) is 0 Å². The molecule has 0 N–H and O–H groups in total. The molecule has 0 amide bonds. The molecule has 1 radical (unpaired) electrons. The van der Waals surface area contributed by atoms with E-state index in [1.807, 2.05) is 5.92 Å². The van der Waals surface area contributed by atoms with Gasteiger partial charge in [-0.05, 0) is 25.2 Å². The highest BCUT2D eigenvalue weighted by Gasteiger charge is 2.14. The number of rotatable bonds is 6. The Balaban J connectivity index is 1.81. The van der Waals surface area contributed by atoms with E-state index >= 15 is 0 Å². The van der Waals surface area contributed by atoms with Crippen molar-refractivity contribution in [3.05, 3.63) is 5.92 Å². The van der Waals surface area contributed by atoms with Crippen LogP contribution in [0.15, 0.2) is 0 Å². The van der Waals surface area contributed by atoms with Crippen LogP contribution in [-0.4, -0.2) is 0 Å². The maximum Gasteiger partial charge on any atom is -0.0241 e. The van der Waals surface area contributed by atoms with E-state index < -0.39 is 0 Å². The zero-order chi connectivity index (χ0) is 8.65. The third-order valence-corrected chi connectivity index (χ3v) is 2.94. The molecule has 0 aromatic carbocycles. The molecule has 0 saturated heterocycles. The molecule has 0 nitrogen and oxygen atoms in total. The Morgan fingerprint density at radius 1 is 0.917 bits per heavy atom. The molecule has 0 aromatic rings. The van der Waals surface area contributed by atoms with Gasteiger partial charge in [-0.2, -0.15) is 0 Å². The molecule has 1 aliphatic rings. The molecular weight excluding hydrogens is 144 g/mol.